The maximum Gasteiger partial charge on any atom is -0.0147 e. The Bertz CT molecular complexity index is 226. The third kappa shape index (κ3) is 2.14. The van der Waals surface area contributed by atoms with Crippen molar-refractivity contribution >= 4 is 0 Å². The summed E-state index contributed by atoms with van der Waals surface area (Å²) in [5.41, 5.74) is 2.42. The van der Waals surface area contributed by atoms with Gasteiger partial charge in [-0.3, -0.25) is 0 Å². The van der Waals surface area contributed by atoms with Gasteiger partial charge in [-0.1, -0.05) is 39.3 Å². The Labute approximate surface area is 96.2 Å². The van der Waals surface area contributed by atoms with Crippen LogP contribution in [0.2, 0.25) is 0 Å². The van der Waals surface area contributed by atoms with E-state index in [1.807, 2.05) is 13.8 Å². The Morgan fingerprint density at radius 1 is 1.27 bits per heavy atom. The summed E-state index contributed by atoms with van der Waals surface area (Å²) in [5.74, 6) is 1.88. The molecule has 2 rings (SSSR count). The van der Waals surface area contributed by atoms with E-state index in [4.69, 9.17) is 0 Å². The molecular weight excluding hydrogens is 180 g/mol. The van der Waals surface area contributed by atoms with Crippen LogP contribution in [0.15, 0.2) is 11.6 Å². The van der Waals surface area contributed by atoms with Gasteiger partial charge in [0.25, 0.3) is 0 Å². The first-order valence-corrected chi connectivity index (χ1v) is 6.83. The van der Waals surface area contributed by atoms with Crippen LogP contribution >= 0.6 is 0 Å². The third-order valence-corrected chi connectivity index (χ3v) is 4.81. The molecule has 0 heteroatoms. The molecule has 0 nitrogen and oxygen atoms in total. The highest BCUT2D eigenvalue weighted by Crippen LogP contribution is 2.56. The molecule has 2 fully saturated rings. The van der Waals surface area contributed by atoms with Crippen LogP contribution < -0.4 is 0 Å². The molecule has 0 N–H and O–H groups in total. The molecule has 88 valence electrons. The second kappa shape index (κ2) is 5.18. The molecule has 2 saturated carbocycles. The van der Waals surface area contributed by atoms with E-state index in [0.29, 0.717) is 5.41 Å². The molecule has 0 aromatic carbocycles. The number of hydrogen-bond donors (Lipinski definition) is 0. The number of allylic oxidation sites excluding steroid dienone is 2. The zero-order chi connectivity index (χ0) is 11.5. The summed E-state index contributed by atoms with van der Waals surface area (Å²) in [6.07, 6.45) is 9.58. The smallest absolute Gasteiger partial charge is 0.0147 e. The van der Waals surface area contributed by atoms with Crippen molar-refractivity contribution in [2.45, 2.75) is 66.7 Å². The molecule has 0 heterocycles. The van der Waals surface area contributed by atoms with Crippen LogP contribution in [0.1, 0.15) is 66.7 Å². The zero-order valence-electron chi connectivity index (χ0n) is 11.3. The average molecular weight is 208 g/mol. The van der Waals surface area contributed by atoms with Crippen molar-refractivity contribution < 1.29 is 0 Å². The SMILES string of the molecule is C/C=C1\CCCC2(C)C(C)CCC12.CC. The van der Waals surface area contributed by atoms with Gasteiger partial charge in [0, 0.05) is 0 Å². The van der Waals surface area contributed by atoms with E-state index in [2.05, 4.69) is 26.8 Å². The van der Waals surface area contributed by atoms with E-state index in [-0.39, 0.29) is 0 Å². The fourth-order valence-electron chi connectivity index (χ4n) is 3.64. The predicted molar refractivity (Wildman–Crippen MR) is 69.0 cm³/mol. The summed E-state index contributed by atoms with van der Waals surface area (Å²) in [5, 5.41) is 0. The summed E-state index contributed by atoms with van der Waals surface area (Å²) in [7, 11) is 0. The van der Waals surface area contributed by atoms with Gasteiger partial charge < -0.3 is 0 Å². The van der Waals surface area contributed by atoms with Crippen molar-refractivity contribution in [2.24, 2.45) is 17.3 Å². The van der Waals surface area contributed by atoms with Gasteiger partial charge in [-0.05, 0) is 56.3 Å². The summed E-state index contributed by atoms with van der Waals surface area (Å²) >= 11 is 0. The monoisotopic (exact) mass is 208 g/mol. The summed E-state index contributed by atoms with van der Waals surface area (Å²) in [4.78, 5) is 0. The van der Waals surface area contributed by atoms with Gasteiger partial charge in [-0.15, -0.1) is 0 Å². The Morgan fingerprint density at radius 2 is 1.93 bits per heavy atom. The predicted octanol–water partition coefficient (Wildman–Crippen LogP) is 5.20. The fourth-order valence-corrected chi connectivity index (χ4v) is 3.64. The maximum atomic E-state index is 2.53. The highest BCUT2D eigenvalue weighted by Gasteiger charge is 2.46. The van der Waals surface area contributed by atoms with Crippen LogP contribution in [0.3, 0.4) is 0 Å². The highest BCUT2D eigenvalue weighted by atomic mass is 14.5. The molecule has 2 aliphatic carbocycles. The van der Waals surface area contributed by atoms with Gasteiger partial charge in [0.1, 0.15) is 0 Å². The molecule has 0 aromatic heterocycles. The lowest BCUT2D eigenvalue weighted by molar-refractivity contribution is 0.146. The lowest BCUT2D eigenvalue weighted by Gasteiger charge is -2.41. The van der Waals surface area contributed by atoms with Gasteiger partial charge >= 0.3 is 0 Å². The van der Waals surface area contributed by atoms with E-state index in [1.165, 1.54) is 32.1 Å². The largest absolute Gasteiger partial charge is 0.0882 e. The van der Waals surface area contributed by atoms with E-state index < -0.39 is 0 Å². The molecule has 0 aromatic rings. The molecule has 3 atom stereocenters. The van der Waals surface area contributed by atoms with Gasteiger partial charge in [-0.25, -0.2) is 0 Å². The van der Waals surface area contributed by atoms with Crippen molar-refractivity contribution in [3.05, 3.63) is 11.6 Å². The molecule has 0 radical (unpaired) electrons. The molecule has 3 unspecified atom stereocenters. The van der Waals surface area contributed by atoms with E-state index in [1.54, 1.807) is 5.57 Å². The Balaban J connectivity index is 0.000000531. The highest BCUT2D eigenvalue weighted by molar-refractivity contribution is 5.16. The number of rotatable bonds is 0. The second-order valence-electron chi connectivity index (χ2n) is 5.25. The third-order valence-electron chi connectivity index (χ3n) is 4.81. The molecule has 0 bridgehead atoms. The molecule has 0 amide bonds. The molecular formula is C15H28. The second-order valence-corrected chi connectivity index (χ2v) is 5.25. The van der Waals surface area contributed by atoms with Gasteiger partial charge in [-0.2, -0.15) is 0 Å². The lowest BCUT2D eigenvalue weighted by atomic mass is 9.64. The van der Waals surface area contributed by atoms with Crippen molar-refractivity contribution in [1.82, 2.24) is 0 Å². The van der Waals surface area contributed by atoms with Crippen LogP contribution in [-0.4, -0.2) is 0 Å². The minimum atomic E-state index is 0.653. The standard InChI is InChI=1S/C13H22.C2H6/c1-4-11-6-5-9-13(3)10(2)7-8-12(11)13;1-2/h4,10,12H,5-9H2,1-3H3;1-2H3/b11-4+;. The Morgan fingerprint density at radius 3 is 2.53 bits per heavy atom. The van der Waals surface area contributed by atoms with E-state index in [9.17, 15) is 0 Å². The van der Waals surface area contributed by atoms with E-state index in [0.717, 1.165) is 11.8 Å². The minimum Gasteiger partial charge on any atom is -0.0882 e. The van der Waals surface area contributed by atoms with Crippen molar-refractivity contribution in [1.29, 1.82) is 0 Å². The van der Waals surface area contributed by atoms with Gasteiger partial charge in [0.05, 0.1) is 0 Å². The molecule has 0 saturated heterocycles. The Hall–Kier alpha value is -0.260. The first kappa shape index (κ1) is 12.8. The number of hydrogen-bond acceptors (Lipinski definition) is 0. The van der Waals surface area contributed by atoms with Crippen LogP contribution in [0.5, 0.6) is 0 Å². The summed E-state index contributed by atoms with van der Waals surface area (Å²) in [6, 6.07) is 0. The molecule has 0 spiro atoms. The number of fused-ring (bicyclic) bond motifs is 1. The zero-order valence-corrected chi connectivity index (χ0v) is 11.3. The molecule has 0 aliphatic heterocycles. The minimum absolute atomic E-state index is 0.653. The topological polar surface area (TPSA) is 0 Å². The first-order chi connectivity index (χ1) is 7.18. The molecule has 15 heavy (non-hydrogen) atoms. The Kier molecular flexibility index (Phi) is 4.43. The first-order valence-electron chi connectivity index (χ1n) is 6.83. The average Bonchev–Trinajstić information content (AvgIpc) is 2.58. The van der Waals surface area contributed by atoms with Crippen molar-refractivity contribution in [2.75, 3.05) is 0 Å². The summed E-state index contributed by atoms with van der Waals surface area (Å²) < 4.78 is 0. The van der Waals surface area contributed by atoms with Crippen LogP contribution in [0, 0.1) is 17.3 Å². The molecule has 2 aliphatic rings. The van der Waals surface area contributed by atoms with Crippen molar-refractivity contribution in [3.63, 3.8) is 0 Å². The fraction of sp³-hybridized carbons (Fsp3) is 0.867. The quantitative estimate of drug-likeness (QED) is 0.480. The van der Waals surface area contributed by atoms with Gasteiger partial charge in [0.2, 0.25) is 0 Å². The summed E-state index contributed by atoms with van der Waals surface area (Å²) in [6.45, 7) is 11.2. The maximum absolute atomic E-state index is 2.53. The van der Waals surface area contributed by atoms with E-state index >= 15 is 0 Å². The van der Waals surface area contributed by atoms with Crippen molar-refractivity contribution in [3.8, 4) is 0 Å². The lowest BCUT2D eigenvalue weighted by Crippen LogP contribution is -2.31. The van der Waals surface area contributed by atoms with Crippen LogP contribution in [-0.2, 0) is 0 Å². The van der Waals surface area contributed by atoms with Crippen LogP contribution in [0.4, 0.5) is 0 Å². The van der Waals surface area contributed by atoms with Crippen LogP contribution in [0.25, 0.3) is 0 Å². The van der Waals surface area contributed by atoms with Gasteiger partial charge in [0.15, 0.2) is 0 Å². The normalized spacial score (nSPS) is 42.1.